The van der Waals surface area contributed by atoms with Gasteiger partial charge in [0.2, 0.25) is 11.5 Å². The quantitative estimate of drug-likeness (QED) is 0.774. The largest absolute Gasteiger partial charge is 0.329 e. The predicted octanol–water partition coefficient (Wildman–Crippen LogP) is 2.36. The monoisotopic (exact) mass is 322 g/mol. The van der Waals surface area contributed by atoms with Crippen LogP contribution < -0.4 is 10.9 Å². The Morgan fingerprint density at radius 1 is 1.17 bits per heavy atom. The topological polar surface area (TPSA) is 79.8 Å². The maximum atomic E-state index is 12.1. The minimum Gasteiger partial charge on any atom is -0.329 e. The van der Waals surface area contributed by atoms with Gasteiger partial charge in [0.05, 0.1) is 18.4 Å². The Bertz CT molecular complexity index is 902. The Balaban J connectivity index is 1.67. The van der Waals surface area contributed by atoms with Crippen molar-refractivity contribution in [1.82, 2.24) is 14.5 Å². The van der Waals surface area contributed by atoms with Gasteiger partial charge >= 0.3 is 0 Å². The first-order valence-corrected chi connectivity index (χ1v) is 7.61. The average molecular weight is 322 g/mol. The van der Waals surface area contributed by atoms with E-state index in [0.29, 0.717) is 0 Å². The molecule has 1 aromatic carbocycles. The predicted molar refractivity (Wildman–Crippen MR) is 92.4 cm³/mol. The van der Waals surface area contributed by atoms with Crippen molar-refractivity contribution in [3.8, 4) is 5.69 Å². The molecule has 0 saturated carbocycles. The minimum absolute atomic E-state index is 0.135. The summed E-state index contributed by atoms with van der Waals surface area (Å²) in [5.41, 5.74) is 4.38. The Hall–Kier alpha value is -3.15. The van der Waals surface area contributed by atoms with E-state index in [1.54, 1.807) is 18.6 Å². The highest BCUT2D eigenvalue weighted by atomic mass is 16.1. The van der Waals surface area contributed by atoms with E-state index in [1.807, 2.05) is 42.7 Å². The summed E-state index contributed by atoms with van der Waals surface area (Å²) >= 11 is 0. The van der Waals surface area contributed by atoms with Gasteiger partial charge < -0.3 is 14.9 Å². The zero-order valence-electron chi connectivity index (χ0n) is 13.5. The molecule has 2 N–H and O–H groups in total. The molecule has 0 spiro atoms. The molecule has 0 fully saturated rings. The number of H-pyrrole nitrogens is 1. The molecule has 24 heavy (non-hydrogen) atoms. The smallest absolute Gasteiger partial charge is 0.247 e. The van der Waals surface area contributed by atoms with Crippen molar-refractivity contribution in [3.05, 3.63) is 76.2 Å². The fourth-order valence-electron chi connectivity index (χ4n) is 2.41. The number of hydrogen-bond donors (Lipinski definition) is 2. The summed E-state index contributed by atoms with van der Waals surface area (Å²) in [6.07, 6.45) is 3.54. The third-order valence-electron chi connectivity index (χ3n) is 3.89. The fraction of sp³-hybridized carbons (Fsp3) is 0.167. The van der Waals surface area contributed by atoms with Gasteiger partial charge in [0.1, 0.15) is 0 Å². The van der Waals surface area contributed by atoms with Gasteiger partial charge in [0.15, 0.2) is 0 Å². The first-order chi connectivity index (χ1) is 11.5. The number of carbonyl (C=O) groups excluding carboxylic acids is 1. The maximum Gasteiger partial charge on any atom is 0.247 e. The summed E-state index contributed by atoms with van der Waals surface area (Å²) in [5, 5.41) is 2.85. The second-order valence-electron chi connectivity index (χ2n) is 5.62. The number of imidazole rings is 1. The van der Waals surface area contributed by atoms with Crippen molar-refractivity contribution in [2.45, 2.75) is 20.3 Å². The third kappa shape index (κ3) is 3.43. The highest BCUT2D eigenvalue weighted by Gasteiger charge is 2.06. The number of nitrogens with one attached hydrogen (secondary N) is 2. The first kappa shape index (κ1) is 15.7. The van der Waals surface area contributed by atoms with Crippen LogP contribution in [-0.4, -0.2) is 20.4 Å². The fourth-order valence-corrected chi connectivity index (χ4v) is 2.41. The van der Waals surface area contributed by atoms with Gasteiger partial charge in [-0.05, 0) is 43.7 Å². The van der Waals surface area contributed by atoms with Crippen LogP contribution in [0.3, 0.4) is 0 Å². The van der Waals surface area contributed by atoms with Crippen LogP contribution in [0.4, 0.5) is 5.69 Å². The molecule has 3 rings (SSSR count). The molecule has 0 saturated heterocycles. The molecule has 0 bridgehead atoms. The van der Waals surface area contributed by atoms with Crippen LogP contribution in [0, 0.1) is 13.8 Å². The second kappa shape index (κ2) is 6.54. The van der Waals surface area contributed by atoms with E-state index in [9.17, 15) is 9.59 Å². The van der Waals surface area contributed by atoms with Gasteiger partial charge in [0.25, 0.3) is 0 Å². The van der Waals surface area contributed by atoms with Crippen LogP contribution >= 0.6 is 0 Å². The molecule has 3 aromatic rings. The number of amides is 1. The number of aromatic nitrogens is 3. The number of nitrogens with zero attached hydrogens (tertiary/aromatic N) is 2. The lowest BCUT2D eigenvalue weighted by molar-refractivity contribution is -0.115. The Morgan fingerprint density at radius 2 is 1.92 bits per heavy atom. The molecule has 6 heteroatoms. The molecule has 2 heterocycles. The van der Waals surface area contributed by atoms with Crippen LogP contribution in [0.2, 0.25) is 0 Å². The van der Waals surface area contributed by atoms with Gasteiger partial charge in [-0.1, -0.05) is 6.07 Å². The van der Waals surface area contributed by atoms with Crippen molar-refractivity contribution in [2.75, 3.05) is 5.32 Å². The summed E-state index contributed by atoms with van der Waals surface area (Å²) in [6.45, 7) is 3.99. The molecule has 0 aliphatic carbocycles. The maximum absolute atomic E-state index is 12.1. The van der Waals surface area contributed by atoms with Gasteiger partial charge in [0, 0.05) is 29.3 Å². The first-order valence-electron chi connectivity index (χ1n) is 7.61. The molecule has 0 aliphatic heterocycles. The number of aryl methyl sites for hydroxylation is 1. The summed E-state index contributed by atoms with van der Waals surface area (Å²) in [5.74, 6) is -0.135. The minimum atomic E-state index is -0.181. The Morgan fingerprint density at radius 3 is 2.50 bits per heavy atom. The average Bonchev–Trinajstić information content (AvgIpc) is 2.90. The van der Waals surface area contributed by atoms with Crippen LogP contribution in [0.15, 0.2) is 53.7 Å². The highest BCUT2D eigenvalue weighted by Crippen LogP contribution is 2.16. The van der Waals surface area contributed by atoms with Gasteiger partial charge in [-0.2, -0.15) is 0 Å². The lowest BCUT2D eigenvalue weighted by Gasteiger charge is -2.08. The number of pyridine rings is 1. The van der Waals surface area contributed by atoms with Crippen molar-refractivity contribution in [1.29, 1.82) is 0 Å². The summed E-state index contributed by atoms with van der Waals surface area (Å²) in [6, 6.07) is 10.6. The number of hydrogen-bond acceptors (Lipinski definition) is 3. The van der Waals surface area contributed by atoms with Crippen molar-refractivity contribution in [3.63, 3.8) is 0 Å². The Labute approximate surface area is 139 Å². The van der Waals surface area contributed by atoms with E-state index < -0.39 is 0 Å². The normalized spacial score (nSPS) is 10.6. The highest BCUT2D eigenvalue weighted by molar-refractivity contribution is 5.92. The van der Waals surface area contributed by atoms with Crippen LogP contribution in [0.5, 0.6) is 0 Å². The lowest BCUT2D eigenvalue weighted by Crippen LogP contribution is -2.15. The molecule has 0 radical (unpaired) electrons. The third-order valence-corrected chi connectivity index (χ3v) is 3.89. The molecule has 122 valence electrons. The summed E-state index contributed by atoms with van der Waals surface area (Å²) in [4.78, 5) is 29.9. The zero-order chi connectivity index (χ0) is 17.1. The molecular weight excluding hydrogens is 304 g/mol. The summed E-state index contributed by atoms with van der Waals surface area (Å²) < 4.78 is 2.00. The number of aromatic amines is 1. The SMILES string of the molecule is Cc1ncn(-c2ccc(NC(=O)Cc3ccc(=O)[nH]c3)cc2)c1C. The van der Waals surface area contributed by atoms with Gasteiger partial charge in [-0.3, -0.25) is 9.59 Å². The molecule has 0 unspecified atom stereocenters. The molecular formula is C18H18N4O2. The number of rotatable bonds is 4. The molecule has 0 aliphatic rings. The lowest BCUT2D eigenvalue weighted by atomic mass is 10.2. The molecule has 1 amide bonds. The number of carbonyl (C=O) groups is 1. The van der Waals surface area contributed by atoms with E-state index in [0.717, 1.165) is 28.3 Å². The molecule has 0 atom stereocenters. The standard InChI is InChI=1S/C18H18N4O2/c1-12-13(2)22(11-20-12)16-6-4-15(5-7-16)21-18(24)9-14-3-8-17(23)19-10-14/h3-8,10-11H,9H2,1-2H3,(H,19,23)(H,21,24). The molecule has 6 nitrogen and oxygen atoms in total. The second-order valence-corrected chi connectivity index (χ2v) is 5.62. The van der Waals surface area contributed by atoms with E-state index >= 15 is 0 Å². The number of benzene rings is 1. The van der Waals surface area contributed by atoms with Crippen LogP contribution in [0.1, 0.15) is 17.0 Å². The molecule has 2 aromatic heterocycles. The van der Waals surface area contributed by atoms with Crippen molar-refractivity contribution < 1.29 is 4.79 Å². The van der Waals surface area contributed by atoms with E-state index in [-0.39, 0.29) is 17.9 Å². The van der Waals surface area contributed by atoms with Crippen LogP contribution in [-0.2, 0) is 11.2 Å². The van der Waals surface area contributed by atoms with Gasteiger partial charge in [-0.15, -0.1) is 0 Å². The van der Waals surface area contributed by atoms with Crippen LogP contribution in [0.25, 0.3) is 5.69 Å². The zero-order valence-corrected chi connectivity index (χ0v) is 13.5. The van der Waals surface area contributed by atoms with Gasteiger partial charge in [-0.25, -0.2) is 4.98 Å². The number of anilines is 1. The Kier molecular flexibility index (Phi) is 4.29. The van der Waals surface area contributed by atoms with E-state index in [1.165, 1.54) is 6.07 Å². The summed E-state index contributed by atoms with van der Waals surface area (Å²) in [7, 11) is 0. The van der Waals surface area contributed by atoms with E-state index in [2.05, 4.69) is 15.3 Å². The van der Waals surface area contributed by atoms with E-state index in [4.69, 9.17) is 0 Å². The van der Waals surface area contributed by atoms with Crippen molar-refractivity contribution in [2.24, 2.45) is 0 Å². The van der Waals surface area contributed by atoms with Crippen molar-refractivity contribution >= 4 is 11.6 Å².